The molecule has 0 amide bonds. The maximum atomic E-state index is 4.29. The minimum atomic E-state index is 0.375. The Morgan fingerprint density at radius 3 is 2.65 bits per heavy atom. The number of nitrogens with zero attached hydrogens (tertiary/aromatic N) is 3. The quantitative estimate of drug-likeness (QED) is 0.926. The molecule has 2 saturated carbocycles. The van der Waals surface area contributed by atoms with Crippen LogP contribution in [0.25, 0.3) is 5.69 Å². The number of para-hydroxylation sites is 1. The van der Waals surface area contributed by atoms with E-state index in [0.29, 0.717) is 6.04 Å². The van der Waals surface area contributed by atoms with Crippen molar-refractivity contribution in [3.63, 3.8) is 0 Å². The molecule has 0 aliphatic heterocycles. The predicted molar refractivity (Wildman–Crippen MR) is 77.5 cm³/mol. The Morgan fingerprint density at radius 2 is 1.95 bits per heavy atom. The van der Waals surface area contributed by atoms with Gasteiger partial charge in [0.1, 0.15) is 0 Å². The number of nitrogens with one attached hydrogen (secondary N) is 1. The summed E-state index contributed by atoms with van der Waals surface area (Å²) >= 11 is 0. The first-order valence-corrected chi connectivity index (χ1v) is 7.53. The van der Waals surface area contributed by atoms with E-state index in [0.717, 1.165) is 23.4 Å². The van der Waals surface area contributed by atoms with Crippen LogP contribution in [0.15, 0.2) is 36.5 Å². The fourth-order valence-electron chi connectivity index (χ4n) is 4.13. The zero-order valence-electron chi connectivity index (χ0n) is 11.7. The Bertz CT molecular complexity index is 582. The van der Waals surface area contributed by atoms with Crippen molar-refractivity contribution in [1.29, 1.82) is 0 Å². The Balaban J connectivity index is 1.67. The summed E-state index contributed by atoms with van der Waals surface area (Å²) in [6.45, 7) is 0. The van der Waals surface area contributed by atoms with Gasteiger partial charge in [0, 0.05) is 0 Å². The van der Waals surface area contributed by atoms with E-state index in [1.54, 1.807) is 0 Å². The van der Waals surface area contributed by atoms with Crippen LogP contribution in [0, 0.1) is 17.8 Å². The van der Waals surface area contributed by atoms with Crippen molar-refractivity contribution in [2.45, 2.75) is 25.3 Å². The van der Waals surface area contributed by atoms with Crippen molar-refractivity contribution in [2.75, 3.05) is 7.05 Å². The molecule has 2 fully saturated rings. The van der Waals surface area contributed by atoms with Gasteiger partial charge in [-0.25, -0.2) is 4.68 Å². The zero-order valence-corrected chi connectivity index (χ0v) is 11.7. The summed E-state index contributed by atoms with van der Waals surface area (Å²) in [5, 5.41) is 11.9. The molecule has 3 unspecified atom stereocenters. The second-order valence-electron chi connectivity index (χ2n) is 6.01. The van der Waals surface area contributed by atoms with Crippen molar-refractivity contribution >= 4 is 0 Å². The van der Waals surface area contributed by atoms with Crippen LogP contribution in [-0.4, -0.2) is 22.0 Å². The topological polar surface area (TPSA) is 42.7 Å². The third kappa shape index (κ3) is 1.79. The van der Waals surface area contributed by atoms with Crippen molar-refractivity contribution < 1.29 is 0 Å². The average Bonchev–Trinajstić information content (AvgIpc) is 2.91. The highest BCUT2D eigenvalue weighted by Gasteiger charge is 2.56. The highest BCUT2D eigenvalue weighted by Crippen LogP contribution is 2.62. The Labute approximate surface area is 119 Å². The van der Waals surface area contributed by atoms with Gasteiger partial charge in [-0.1, -0.05) is 29.8 Å². The first-order valence-electron chi connectivity index (χ1n) is 7.53. The number of hydrogen-bond acceptors (Lipinski definition) is 3. The first kappa shape index (κ1) is 12.1. The second kappa shape index (κ2) is 4.70. The van der Waals surface area contributed by atoms with E-state index < -0.39 is 0 Å². The van der Waals surface area contributed by atoms with Crippen LogP contribution in [0.1, 0.15) is 31.0 Å². The summed E-state index contributed by atoms with van der Waals surface area (Å²) < 4.78 is 1.98. The maximum absolute atomic E-state index is 4.29. The number of hydrogen-bond donors (Lipinski definition) is 1. The molecule has 3 atom stereocenters. The molecule has 4 rings (SSSR count). The van der Waals surface area contributed by atoms with Crippen molar-refractivity contribution in [2.24, 2.45) is 17.8 Å². The van der Waals surface area contributed by atoms with Crippen LogP contribution in [0.4, 0.5) is 0 Å². The van der Waals surface area contributed by atoms with Crippen LogP contribution in [0.3, 0.4) is 0 Å². The van der Waals surface area contributed by atoms with Crippen molar-refractivity contribution in [3.05, 3.63) is 42.2 Å². The molecule has 2 aliphatic carbocycles. The van der Waals surface area contributed by atoms with Gasteiger partial charge in [0.05, 0.1) is 23.6 Å². The molecule has 2 aromatic rings. The molecule has 4 heteroatoms. The molecule has 104 valence electrons. The molecular weight excluding hydrogens is 248 g/mol. The Hall–Kier alpha value is -1.68. The Kier molecular flexibility index (Phi) is 2.84. The Morgan fingerprint density at radius 1 is 1.20 bits per heavy atom. The molecule has 1 aromatic heterocycles. The smallest absolute Gasteiger partial charge is 0.0818 e. The van der Waals surface area contributed by atoms with Gasteiger partial charge < -0.3 is 5.32 Å². The number of fused-ring (bicyclic) bond motifs is 1. The molecule has 2 aliphatic rings. The van der Waals surface area contributed by atoms with Gasteiger partial charge in [0.15, 0.2) is 0 Å². The molecule has 0 saturated heterocycles. The van der Waals surface area contributed by atoms with E-state index in [9.17, 15) is 0 Å². The van der Waals surface area contributed by atoms with Gasteiger partial charge in [0.25, 0.3) is 0 Å². The second-order valence-corrected chi connectivity index (χ2v) is 6.01. The third-order valence-electron chi connectivity index (χ3n) is 5.06. The third-order valence-corrected chi connectivity index (χ3v) is 5.06. The lowest BCUT2D eigenvalue weighted by Gasteiger charge is -2.19. The van der Waals surface area contributed by atoms with Gasteiger partial charge in [0.2, 0.25) is 0 Å². The van der Waals surface area contributed by atoms with Gasteiger partial charge in [-0.3, -0.25) is 0 Å². The van der Waals surface area contributed by atoms with Crippen LogP contribution in [0.5, 0.6) is 0 Å². The molecule has 1 aromatic carbocycles. The first-order chi connectivity index (χ1) is 9.90. The van der Waals surface area contributed by atoms with Crippen molar-refractivity contribution in [3.8, 4) is 5.69 Å². The molecular formula is C16H20N4. The van der Waals surface area contributed by atoms with Crippen LogP contribution in [-0.2, 0) is 0 Å². The minimum absolute atomic E-state index is 0.375. The molecule has 1 heterocycles. The summed E-state index contributed by atoms with van der Waals surface area (Å²) in [6, 6.07) is 10.7. The van der Waals surface area contributed by atoms with Crippen LogP contribution in [0.2, 0.25) is 0 Å². The van der Waals surface area contributed by atoms with E-state index in [-0.39, 0.29) is 0 Å². The highest BCUT2D eigenvalue weighted by atomic mass is 15.4. The van der Waals surface area contributed by atoms with E-state index in [1.165, 1.54) is 25.0 Å². The number of aromatic nitrogens is 3. The predicted octanol–water partition coefficient (Wildman–Crippen LogP) is 2.57. The molecule has 0 radical (unpaired) electrons. The molecule has 0 spiro atoms. The monoisotopic (exact) mass is 268 g/mol. The van der Waals surface area contributed by atoms with E-state index in [2.05, 4.69) is 34.8 Å². The number of benzene rings is 1. The lowest BCUT2D eigenvalue weighted by Crippen LogP contribution is -2.23. The van der Waals surface area contributed by atoms with E-state index >= 15 is 0 Å². The van der Waals surface area contributed by atoms with Crippen LogP contribution >= 0.6 is 0 Å². The lowest BCUT2D eigenvalue weighted by atomic mass is 10.0. The molecule has 1 N–H and O–H groups in total. The van der Waals surface area contributed by atoms with Crippen molar-refractivity contribution in [1.82, 2.24) is 20.3 Å². The summed E-state index contributed by atoms with van der Waals surface area (Å²) in [5.41, 5.74) is 2.28. The normalized spacial score (nSPS) is 29.1. The highest BCUT2D eigenvalue weighted by molar-refractivity contribution is 5.33. The summed E-state index contributed by atoms with van der Waals surface area (Å²) in [4.78, 5) is 0. The lowest BCUT2D eigenvalue weighted by molar-refractivity contribution is 0.428. The van der Waals surface area contributed by atoms with Gasteiger partial charge in [-0.15, -0.1) is 5.10 Å². The molecule has 0 bridgehead atoms. The summed E-state index contributed by atoms with van der Waals surface area (Å²) in [6.07, 6.45) is 6.14. The minimum Gasteiger partial charge on any atom is -0.311 e. The summed E-state index contributed by atoms with van der Waals surface area (Å²) in [5.74, 6) is 2.62. The standard InChI is InChI=1S/C16H20N4/c1-17-16(15-12-8-5-9-13(12)15)14-10-18-19-20(14)11-6-3-2-4-7-11/h2-4,6-7,10,12-13,15-17H,5,8-9H2,1H3. The fraction of sp³-hybridized carbons (Fsp3) is 0.500. The van der Waals surface area contributed by atoms with Gasteiger partial charge in [-0.2, -0.15) is 0 Å². The van der Waals surface area contributed by atoms with E-state index in [4.69, 9.17) is 0 Å². The average molecular weight is 268 g/mol. The summed E-state index contributed by atoms with van der Waals surface area (Å²) in [7, 11) is 2.06. The fourth-order valence-corrected chi connectivity index (χ4v) is 4.13. The number of rotatable bonds is 4. The van der Waals surface area contributed by atoms with E-state index in [1.807, 2.05) is 29.1 Å². The largest absolute Gasteiger partial charge is 0.311 e. The SMILES string of the molecule is CNC(c1cnnn1-c1ccccc1)C1C2CCCC21. The molecule has 20 heavy (non-hydrogen) atoms. The maximum Gasteiger partial charge on any atom is 0.0818 e. The van der Waals surface area contributed by atoms with Gasteiger partial charge in [-0.05, 0) is 49.8 Å². The van der Waals surface area contributed by atoms with Gasteiger partial charge >= 0.3 is 0 Å². The zero-order chi connectivity index (χ0) is 13.5. The molecule has 4 nitrogen and oxygen atoms in total. The van der Waals surface area contributed by atoms with Crippen LogP contribution < -0.4 is 5.32 Å².